The van der Waals surface area contributed by atoms with Crippen molar-refractivity contribution in [3.63, 3.8) is 0 Å². The van der Waals surface area contributed by atoms with Crippen LogP contribution in [0.2, 0.25) is 0 Å². The number of benzene rings is 1. The Morgan fingerprint density at radius 1 is 1.33 bits per heavy atom. The number of aryl methyl sites for hydroxylation is 1. The highest BCUT2D eigenvalue weighted by Gasteiger charge is 2.17. The molecule has 0 aliphatic carbocycles. The first-order valence-corrected chi connectivity index (χ1v) is 6.72. The predicted octanol–water partition coefficient (Wildman–Crippen LogP) is 1.46. The lowest BCUT2D eigenvalue weighted by atomic mass is 10.1. The molecule has 1 aromatic carbocycles. The lowest BCUT2D eigenvalue weighted by Gasteiger charge is -2.13. The van der Waals surface area contributed by atoms with Crippen LogP contribution in [0.3, 0.4) is 0 Å². The molecule has 0 aliphatic heterocycles. The van der Waals surface area contributed by atoms with E-state index in [1.807, 2.05) is 19.1 Å². The van der Waals surface area contributed by atoms with Crippen LogP contribution in [-0.2, 0) is 9.84 Å². The van der Waals surface area contributed by atoms with E-state index in [1.54, 1.807) is 19.1 Å². The summed E-state index contributed by atoms with van der Waals surface area (Å²) in [5.41, 5.74) is 1.60. The molecule has 3 nitrogen and oxygen atoms in total. The van der Waals surface area contributed by atoms with Crippen molar-refractivity contribution in [3.8, 4) is 0 Å². The van der Waals surface area contributed by atoms with Crippen LogP contribution in [0.1, 0.15) is 24.2 Å². The highest BCUT2D eigenvalue weighted by Crippen LogP contribution is 2.18. The van der Waals surface area contributed by atoms with E-state index >= 15 is 0 Å². The van der Waals surface area contributed by atoms with Gasteiger partial charge in [-0.2, -0.15) is 0 Å². The highest BCUT2D eigenvalue weighted by molar-refractivity contribution is 7.91. The van der Waals surface area contributed by atoms with Gasteiger partial charge in [0.2, 0.25) is 0 Å². The fraction of sp³-hybridized carbons (Fsp3) is 0.455. The molecular weight excluding hydrogens is 212 g/mol. The third-order valence-electron chi connectivity index (χ3n) is 2.40. The summed E-state index contributed by atoms with van der Waals surface area (Å²) in [4.78, 5) is 0. The quantitative estimate of drug-likeness (QED) is 0.849. The van der Waals surface area contributed by atoms with Crippen LogP contribution >= 0.6 is 0 Å². The number of rotatable bonds is 4. The first kappa shape index (κ1) is 12.2. The second-order valence-electron chi connectivity index (χ2n) is 3.57. The minimum atomic E-state index is -3.13. The maximum atomic E-state index is 11.3. The van der Waals surface area contributed by atoms with Gasteiger partial charge in [0.25, 0.3) is 0 Å². The molecule has 1 N–H and O–H groups in total. The fourth-order valence-corrected chi connectivity index (χ4v) is 2.31. The summed E-state index contributed by atoms with van der Waals surface area (Å²) in [6.45, 7) is 3.44. The normalized spacial score (nSPS) is 13.8. The summed E-state index contributed by atoms with van der Waals surface area (Å²) in [7, 11) is -3.13. The molecule has 0 spiro atoms. The van der Waals surface area contributed by atoms with Crippen molar-refractivity contribution in [2.24, 2.45) is 0 Å². The van der Waals surface area contributed by atoms with E-state index in [9.17, 15) is 13.5 Å². The fourth-order valence-electron chi connectivity index (χ4n) is 1.41. The third kappa shape index (κ3) is 3.32. The Bertz CT molecular complexity index is 423. The molecule has 0 saturated heterocycles. The first-order valence-electron chi connectivity index (χ1n) is 4.90. The Kier molecular flexibility index (Phi) is 3.88. The van der Waals surface area contributed by atoms with Gasteiger partial charge in [-0.05, 0) is 18.1 Å². The van der Waals surface area contributed by atoms with Crippen LogP contribution in [0.15, 0.2) is 24.3 Å². The van der Waals surface area contributed by atoms with Gasteiger partial charge in [0.15, 0.2) is 9.84 Å². The maximum absolute atomic E-state index is 11.3. The van der Waals surface area contributed by atoms with Crippen LogP contribution in [0.25, 0.3) is 0 Å². The monoisotopic (exact) mass is 228 g/mol. The second-order valence-corrected chi connectivity index (χ2v) is 5.97. The molecule has 0 aliphatic rings. The highest BCUT2D eigenvalue weighted by atomic mass is 32.2. The summed E-state index contributed by atoms with van der Waals surface area (Å²) in [5, 5.41) is 9.79. The van der Waals surface area contributed by atoms with Crippen molar-refractivity contribution in [3.05, 3.63) is 35.4 Å². The van der Waals surface area contributed by atoms with E-state index in [4.69, 9.17) is 0 Å². The van der Waals surface area contributed by atoms with Crippen molar-refractivity contribution in [2.75, 3.05) is 11.5 Å². The molecule has 1 rings (SSSR count). The SMILES string of the molecule is CCS(=O)(=O)CC(O)c1ccccc1C. The molecule has 1 aromatic rings. The van der Waals surface area contributed by atoms with Crippen LogP contribution in [0, 0.1) is 6.92 Å². The molecule has 84 valence electrons. The number of aliphatic hydroxyl groups excluding tert-OH is 1. The van der Waals surface area contributed by atoms with E-state index in [0.29, 0.717) is 5.56 Å². The standard InChI is InChI=1S/C11H16O3S/c1-3-15(13,14)8-11(12)10-7-5-4-6-9(10)2/h4-7,11-12H,3,8H2,1-2H3. The molecule has 15 heavy (non-hydrogen) atoms. The first-order chi connectivity index (χ1) is 6.96. The summed E-state index contributed by atoms with van der Waals surface area (Å²) in [6, 6.07) is 7.27. The summed E-state index contributed by atoms with van der Waals surface area (Å²) in [5.74, 6) is -0.135. The number of hydrogen-bond acceptors (Lipinski definition) is 3. The second kappa shape index (κ2) is 4.77. The molecule has 0 bridgehead atoms. The molecule has 0 aromatic heterocycles. The van der Waals surface area contributed by atoms with Crippen molar-refractivity contribution in [1.29, 1.82) is 0 Å². The summed E-state index contributed by atoms with van der Waals surface area (Å²) >= 11 is 0. The van der Waals surface area contributed by atoms with Gasteiger partial charge >= 0.3 is 0 Å². The van der Waals surface area contributed by atoms with Gasteiger partial charge in [0.05, 0.1) is 11.9 Å². The minimum Gasteiger partial charge on any atom is -0.387 e. The Labute approximate surface area is 90.7 Å². The van der Waals surface area contributed by atoms with E-state index in [2.05, 4.69) is 0 Å². The zero-order valence-electron chi connectivity index (χ0n) is 8.97. The minimum absolute atomic E-state index is 0.0654. The number of sulfone groups is 1. The molecule has 4 heteroatoms. The van der Waals surface area contributed by atoms with Crippen molar-refractivity contribution in [1.82, 2.24) is 0 Å². The molecule has 0 saturated carbocycles. The average Bonchev–Trinajstić information content (AvgIpc) is 2.17. The van der Waals surface area contributed by atoms with Crippen molar-refractivity contribution < 1.29 is 13.5 Å². The van der Waals surface area contributed by atoms with Gasteiger partial charge in [-0.15, -0.1) is 0 Å². The maximum Gasteiger partial charge on any atom is 0.152 e. The van der Waals surface area contributed by atoms with E-state index in [0.717, 1.165) is 5.56 Å². The molecule has 1 unspecified atom stereocenters. The van der Waals surface area contributed by atoms with Crippen LogP contribution < -0.4 is 0 Å². The Morgan fingerprint density at radius 3 is 2.47 bits per heavy atom. The van der Waals surface area contributed by atoms with Crippen molar-refractivity contribution in [2.45, 2.75) is 20.0 Å². The van der Waals surface area contributed by atoms with Gasteiger partial charge in [0, 0.05) is 5.75 Å². The zero-order chi connectivity index (χ0) is 11.5. The Hall–Kier alpha value is -0.870. The van der Waals surface area contributed by atoms with E-state index in [-0.39, 0.29) is 11.5 Å². The smallest absolute Gasteiger partial charge is 0.152 e. The van der Waals surface area contributed by atoms with E-state index in [1.165, 1.54) is 0 Å². The zero-order valence-corrected chi connectivity index (χ0v) is 9.79. The van der Waals surface area contributed by atoms with E-state index < -0.39 is 15.9 Å². The predicted molar refractivity (Wildman–Crippen MR) is 60.5 cm³/mol. The molecule has 0 fully saturated rings. The van der Waals surface area contributed by atoms with Gasteiger partial charge in [-0.25, -0.2) is 8.42 Å². The van der Waals surface area contributed by atoms with Crippen LogP contribution in [0.5, 0.6) is 0 Å². The van der Waals surface area contributed by atoms with Gasteiger partial charge in [-0.3, -0.25) is 0 Å². The lowest BCUT2D eigenvalue weighted by molar-refractivity contribution is 0.201. The van der Waals surface area contributed by atoms with Gasteiger partial charge in [-0.1, -0.05) is 31.2 Å². The number of hydrogen-bond donors (Lipinski definition) is 1. The van der Waals surface area contributed by atoms with Gasteiger partial charge < -0.3 is 5.11 Å². The Morgan fingerprint density at radius 2 is 1.93 bits per heavy atom. The lowest BCUT2D eigenvalue weighted by Crippen LogP contribution is -2.16. The average molecular weight is 228 g/mol. The Balaban J connectivity index is 2.87. The molecular formula is C11H16O3S. The summed E-state index contributed by atoms with van der Waals surface area (Å²) < 4.78 is 22.7. The molecule has 0 radical (unpaired) electrons. The van der Waals surface area contributed by atoms with Gasteiger partial charge in [0.1, 0.15) is 0 Å². The molecule has 0 heterocycles. The van der Waals surface area contributed by atoms with Crippen LogP contribution in [-0.4, -0.2) is 25.0 Å². The van der Waals surface area contributed by atoms with Crippen molar-refractivity contribution >= 4 is 9.84 Å². The van der Waals surface area contributed by atoms with Crippen LogP contribution in [0.4, 0.5) is 0 Å². The topological polar surface area (TPSA) is 54.4 Å². The summed E-state index contributed by atoms with van der Waals surface area (Å²) in [6.07, 6.45) is -0.920. The largest absolute Gasteiger partial charge is 0.387 e. The molecule has 1 atom stereocenters. The third-order valence-corrected chi connectivity index (χ3v) is 4.10. The number of aliphatic hydroxyl groups is 1. The molecule has 0 amide bonds.